The molecule has 2 heterocycles. The van der Waals surface area contributed by atoms with Crippen molar-refractivity contribution >= 4 is 17.4 Å². The van der Waals surface area contributed by atoms with Crippen LogP contribution < -0.4 is 5.32 Å². The average Bonchev–Trinajstić information content (AvgIpc) is 3.06. The second kappa shape index (κ2) is 7.15. The maximum absolute atomic E-state index is 12.6. The Morgan fingerprint density at radius 2 is 2.26 bits per heavy atom. The fourth-order valence-corrected chi connectivity index (χ4v) is 3.88. The SMILES string of the molecule is C[C@H](Cc1ccsc1)NC(=O)N1CCc2ccccc2[C@@H]1CO. The number of nitrogens with zero attached hydrogens (tertiary/aromatic N) is 1. The molecule has 1 aliphatic rings. The number of aliphatic hydroxyl groups excluding tert-OH is 1. The van der Waals surface area contributed by atoms with E-state index in [1.165, 1.54) is 11.1 Å². The molecule has 1 aromatic carbocycles. The number of aliphatic hydroxyl groups is 1. The summed E-state index contributed by atoms with van der Waals surface area (Å²) in [5, 5.41) is 17.0. The minimum atomic E-state index is -0.256. The predicted octanol–water partition coefficient (Wildman–Crippen LogP) is 2.98. The Hall–Kier alpha value is -1.85. The van der Waals surface area contributed by atoms with E-state index in [4.69, 9.17) is 0 Å². The van der Waals surface area contributed by atoms with Gasteiger partial charge in [-0.15, -0.1) is 0 Å². The van der Waals surface area contributed by atoms with Crippen LogP contribution in [0.4, 0.5) is 4.79 Å². The first-order valence-electron chi connectivity index (χ1n) is 7.96. The monoisotopic (exact) mass is 330 g/mol. The second-order valence-corrected chi connectivity index (χ2v) is 6.81. The molecule has 5 heteroatoms. The van der Waals surface area contributed by atoms with Gasteiger partial charge in [0.1, 0.15) is 0 Å². The number of carbonyl (C=O) groups is 1. The van der Waals surface area contributed by atoms with Crippen LogP contribution in [0.15, 0.2) is 41.1 Å². The third-order valence-electron chi connectivity index (χ3n) is 4.34. The molecule has 122 valence electrons. The average molecular weight is 330 g/mol. The lowest BCUT2D eigenvalue weighted by Crippen LogP contribution is -2.49. The molecule has 0 saturated heterocycles. The van der Waals surface area contributed by atoms with Crippen molar-refractivity contribution in [2.45, 2.75) is 31.8 Å². The van der Waals surface area contributed by atoms with Crippen LogP contribution in [0.3, 0.4) is 0 Å². The van der Waals surface area contributed by atoms with Gasteiger partial charge in [0.15, 0.2) is 0 Å². The number of amides is 2. The van der Waals surface area contributed by atoms with Gasteiger partial charge in [-0.05, 0) is 53.3 Å². The third kappa shape index (κ3) is 3.57. The topological polar surface area (TPSA) is 52.6 Å². The van der Waals surface area contributed by atoms with Gasteiger partial charge in [-0.1, -0.05) is 24.3 Å². The van der Waals surface area contributed by atoms with E-state index in [1.807, 2.05) is 30.5 Å². The number of thiophene rings is 1. The Morgan fingerprint density at radius 1 is 1.43 bits per heavy atom. The number of carbonyl (C=O) groups excluding carboxylic acids is 1. The lowest BCUT2D eigenvalue weighted by Gasteiger charge is -2.37. The molecule has 0 fully saturated rings. The molecule has 0 bridgehead atoms. The summed E-state index contributed by atoms with van der Waals surface area (Å²) < 4.78 is 0. The molecule has 0 saturated carbocycles. The van der Waals surface area contributed by atoms with Crippen LogP contribution in [0.2, 0.25) is 0 Å². The van der Waals surface area contributed by atoms with Gasteiger partial charge < -0.3 is 15.3 Å². The smallest absolute Gasteiger partial charge is 0.318 e. The van der Waals surface area contributed by atoms with E-state index in [1.54, 1.807) is 16.2 Å². The van der Waals surface area contributed by atoms with Crippen LogP contribution in [-0.4, -0.2) is 35.2 Å². The van der Waals surface area contributed by atoms with Crippen LogP contribution in [0.1, 0.15) is 29.7 Å². The van der Waals surface area contributed by atoms with Crippen LogP contribution in [0.25, 0.3) is 0 Å². The van der Waals surface area contributed by atoms with Crippen molar-refractivity contribution in [3.63, 3.8) is 0 Å². The van der Waals surface area contributed by atoms with Gasteiger partial charge in [-0.25, -0.2) is 4.79 Å². The van der Waals surface area contributed by atoms with Crippen molar-refractivity contribution in [3.8, 4) is 0 Å². The standard InChI is InChI=1S/C18H22N2O2S/c1-13(10-14-7-9-23-12-14)19-18(22)20-8-6-15-4-2-3-5-16(15)17(20)11-21/h2-5,7,9,12-13,17,21H,6,8,10-11H2,1H3,(H,19,22)/t13-,17+/m1/s1. The van der Waals surface area contributed by atoms with Crippen LogP contribution >= 0.6 is 11.3 Å². The molecule has 0 aliphatic carbocycles. The molecule has 0 spiro atoms. The van der Waals surface area contributed by atoms with Crippen molar-refractivity contribution in [1.82, 2.24) is 10.2 Å². The molecule has 0 radical (unpaired) electrons. The number of rotatable bonds is 4. The van der Waals surface area contributed by atoms with Crippen molar-refractivity contribution < 1.29 is 9.90 Å². The highest BCUT2D eigenvalue weighted by molar-refractivity contribution is 7.07. The second-order valence-electron chi connectivity index (χ2n) is 6.03. The minimum Gasteiger partial charge on any atom is -0.394 e. The predicted molar refractivity (Wildman–Crippen MR) is 92.7 cm³/mol. The molecule has 4 nitrogen and oxygen atoms in total. The van der Waals surface area contributed by atoms with Crippen molar-refractivity contribution in [1.29, 1.82) is 0 Å². The molecule has 2 atom stereocenters. The lowest BCUT2D eigenvalue weighted by atomic mass is 9.93. The number of fused-ring (bicyclic) bond motifs is 1. The van der Waals surface area contributed by atoms with Gasteiger partial charge in [0, 0.05) is 12.6 Å². The van der Waals surface area contributed by atoms with Crippen molar-refractivity contribution in [3.05, 3.63) is 57.8 Å². The summed E-state index contributed by atoms with van der Waals surface area (Å²) >= 11 is 1.67. The molecule has 1 aliphatic heterocycles. The molecular formula is C18H22N2O2S. The number of hydrogen-bond acceptors (Lipinski definition) is 3. The number of hydrogen-bond donors (Lipinski definition) is 2. The summed E-state index contributed by atoms with van der Waals surface area (Å²) in [5.41, 5.74) is 3.52. The molecule has 3 rings (SSSR count). The van der Waals surface area contributed by atoms with Crippen molar-refractivity contribution in [2.75, 3.05) is 13.2 Å². The van der Waals surface area contributed by atoms with E-state index < -0.39 is 0 Å². The molecule has 2 aromatic rings. The minimum absolute atomic E-state index is 0.0522. The van der Waals surface area contributed by atoms with Gasteiger partial charge in [0.05, 0.1) is 12.6 Å². The summed E-state index contributed by atoms with van der Waals surface area (Å²) in [7, 11) is 0. The molecular weight excluding hydrogens is 308 g/mol. The fourth-order valence-electron chi connectivity index (χ4n) is 3.20. The van der Waals surface area contributed by atoms with Gasteiger partial charge in [-0.2, -0.15) is 11.3 Å². The maximum atomic E-state index is 12.6. The largest absolute Gasteiger partial charge is 0.394 e. The van der Waals surface area contributed by atoms with Gasteiger partial charge in [-0.3, -0.25) is 0 Å². The normalized spacial score (nSPS) is 18.3. The van der Waals surface area contributed by atoms with Crippen LogP contribution in [0.5, 0.6) is 0 Å². The third-order valence-corrected chi connectivity index (χ3v) is 5.07. The molecule has 2 N–H and O–H groups in total. The van der Waals surface area contributed by atoms with E-state index in [0.717, 1.165) is 18.4 Å². The van der Waals surface area contributed by atoms with Gasteiger partial charge in [0.25, 0.3) is 0 Å². The summed E-state index contributed by atoms with van der Waals surface area (Å²) in [6.45, 7) is 2.60. The highest BCUT2D eigenvalue weighted by Gasteiger charge is 2.30. The zero-order chi connectivity index (χ0) is 16.2. The molecule has 2 amide bonds. The van der Waals surface area contributed by atoms with E-state index in [9.17, 15) is 9.90 Å². The molecule has 1 aromatic heterocycles. The summed E-state index contributed by atoms with van der Waals surface area (Å²) in [5.74, 6) is 0. The fraction of sp³-hybridized carbons (Fsp3) is 0.389. The quantitative estimate of drug-likeness (QED) is 0.905. The number of nitrogens with one attached hydrogen (secondary N) is 1. The van der Waals surface area contributed by atoms with E-state index in [0.29, 0.717) is 6.54 Å². The number of benzene rings is 1. The molecule has 0 unspecified atom stereocenters. The Labute approximate surface area is 140 Å². The molecule has 23 heavy (non-hydrogen) atoms. The first kappa shape index (κ1) is 16.0. The van der Waals surface area contributed by atoms with E-state index in [2.05, 4.69) is 22.8 Å². The van der Waals surface area contributed by atoms with Crippen LogP contribution in [-0.2, 0) is 12.8 Å². The number of urea groups is 1. The summed E-state index contributed by atoms with van der Waals surface area (Å²) in [4.78, 5) is 14.4. The Morgan fingerprint density at radius 3 is 3.00 bits per heavy atom. The van der Waals surface area contributed by atoms with Gasteiger partial charge in [0.2, 0.25) is 0 Å². The Kier molecular flexibility index (Phi) is 4.98. The Bertz CT molecular complexity index is 657. The Balaban J connectivity index is 1.67. The summed E-state index contributed by atoms with van der Waals surface area (Å²) in [6.07, 6.45) is 1.66. The van der Waals surface area contributed by atoms with Gasteiger partial charge >= 0.3 is 6.03 Å². The zero-order valence-corrected chi connectivity index (χ0v) is 14.1. The van der Waals surface area contributed by atoms with E-state index in [-0.39, 0.29) is 24.7 Å². The van der Waals surface area contributed by atoms with Crippen LogP contribution in [0, 0.1) is 0 Å². The van der Waals surface area contributed by atoms with Crippen molar-refractivity contribution in [2.24, 2.45) is 0 Å². The van der Waals surface area contributed by atoms with E-state index >= 15 is 0 Å². The maximum Gasteiger partial charge on any atom is 0.318 e. The highest BCUT2D eigenvalue weighted by atomic mass is 32.1. The highest BCUT2D eigenvalue weighted by Crippen LogP contribution is 2.29. The first-order valence-corrected chi connectivity index (χ1v) is 8.90. The summed E-state index contributed by atoms with van der Waals surface area (Å²) in [6, 6.07) is 9.84. The zero-order valence-electron chi connectivity index (χ0n) is 13.2. The lowest BCUT2D eigenvalue weighted by molar-refractivity contribution is 0.125. The first-order chi connectivity index (χ1) is 11.2.